The zero-order chi connectivity index (χ0) is 13.3. The van der Waals surface area contributed by atoms with Crippen molar-refractivity contribution in [2.24, 2.45) is 5.73 Å². The summed E-state index contributed by atoms with van der Waals surface area (Å²) in [5.74, 6) is 0.149. The summed E-state index contributed by atoms with van der Waals surface area (Å²) in [7, 11) is 0. The number of amides is 1. The Morgan fingerprint density at radius 1 is 1.21 bits per heavy atom. The van der Waals surface area contributed by atoms with Gasteiger partial charge in [0.15, 0.2) is 0 Å². The number of hydrogen-bond donors (Lipinski definition) is 1. The number of nitrogens with two attached hydrogens (primary N) is 1. The average molecular weight is 260 g/mol. The molecule has 1 aromatic rings. The van der Waals surface area contributed by atoms with Crippen LogP contribution < -0.4 is 5.73 Å². The van der Waals surface area contributed by atoms with Crippen molar-refractivity contribution in [3.8, 4) is 0 Å². The largest absolute Gasteiger partial charge is 0.339 e. The highest BCUT2D eigenvalue weighted by Gasteiger charge is 2.48. The van der Waals surface area contributed by atoms with Gasteiger partial charge in [-0.15, -0.1) is 0 Å². The maximum atomic E-state index is 12.1. The molecule has 0 atom stereocenters. The molecule has 2 N–H and O–H groups in total. The fourth-order valence-electron chi connectivity index (χ4n) is 2.52. The number of rotatable bonds is 3. The van der Waals surface area contributed by atoms with Gasteiger partial charge in [-0.2, -0.15) is 0 Å². The SMILES string of the molecule is NC1(C(=O)N2CCN(Cc3ccncc3)CC2)CC1. The van der Waals surface area contributed by atoms with Gasteiger partial charge in [0.05, 0.1) is 5.54 Å². The van der Waals surface area contributed by atoms with Crippen LogP contribution in [0.2, 0.25) is 0 Å². The van der Waals surface area contributed by atoms with Gasteiger partial charge in [-0.25, -0.2) is 0 Å². The average Bonchev–Trinajstić information content (AvgIpc) is 3.19. The van der Waals surface area contributed by atoms with E-state index in [0.717, 1.165) is 45.6 Å². The van der Waals surface area contributed by atoms with Gasteiger partial charge in [-0.05, 0) is 30.5 Å². The lowest BCUT2D eigenvalue weighted by atomic mass is 10.2. The molecule has 1 saturated carbocycles. The summed E-state index contributed by atoms with van der Waals surface area (Å²) < 4.78 is 0. The topological polar surface area (TPSA) is 62.5 Å². The standard InChI is InChI=1S/C14H20N4O/c15-14(3-4-14)13(19)18-9-7-17(8-10-18)11-12-1-5-16-6-2-12/h1-2,5-6H,3-4,7-11,15H2. The van der Waals surface area contributed by atoms with Crippen LogP contribution in [0.3, 0.4) is 0 Å². The lowest BCUT2D eigenvalue weighted by Gasteiger charge is -2.36. The van der Waals surface area contributed by atoms with Gasteiger partial charge in [0, 0.05) is 45.1 Å². The van der Waals surface area contributed by atoms with Crippen LogP contribution in [0.1, 0.15) is 18.4 Å². The predicted molar refractivity (Wildman–Crippen MR) is 72.2 cm³/mol. The molecule has 0 aromatic carbocycles. The van der Waals surface area contributed by atoms with Gasteiger partial charge in [0.1, 0.15) is 0 Å². The van der Waals surface area contributed by atoms with E-state index in [2.05, 4.69) is 9.88 Å². The van der Waals surface area contributed by atoms with Crippen LogP contribution in [0.5, 0.6) is 0 Å². The molecule has 3 rings (SSSR count). The van der Waals surface area contributed by atoms with E-state index in [4.69, 9.17) is 5.73 Å². The summed E-state index contributed by atoms with van der Waals surface area (Å²) >= 11 is 0. The minimum absolute atomic E-state index is 0.149. The fraction of sp³-hybridized carbons (Fsp3) is 0.571. The van der Waals surface area contributed by atoms with E-state index in [9.17, 15) is 4.79 Å². The summed E-state index contributed by atoms with van der Waals surface area (Å²) in [6, 6.07) is 4.08. The number of aromatic nitrogens is 1. The lowest BCUT2D eigenvalue weighted by Crippen LogP contribution is -2.53. The van der Waals surface area contributed by atoms with Crippen molar-refractivity contribution in [1.82, 2.24) is 14.8 Å². The molecule has 1 saturated heterocycles. The van der Waals surface area contributed by atoms with E-state index in [1.54, 1.807) is 0 Å². The quantitative estimate of drug-likeness (QED) is 0.844. The van der Waals surface area contributed by atoms with Crippen LogP contribution >= 0.6 is 0 Å². The molecule has 2 heterocycles. The zero-order valence-electron chi connectivity index (χ0n) is 11.1. The van der Waals surface area contributed by atoms with Crippen molar-refractivity contribution in [1.29, 1.82) is 0 Å². The van der Waals surface area contributed by atoms with Gasteiger partial charge in [0.2, 0.25) is 5.91 Å². The van der Waals surface area contributed by atoms with E-state index in [1.807, 2.05) is 29.4 Å². The Labute approximate surface area is 113 Å². The number of pyridine rings is 1. The Balaban J connectivity index is 1.51. The molecule has 0 radical (unpaired) electrons. The number of carbonyl (C=O) groups excluding carboxylic acids is 1. The fourth-order valence-corrected chi connectivity index (χ4v) is 2.52. The first-order valence-electron chi connectivity index (χ1n) is 6.87. The summed E-state index contributed by atoms with van der Waals surface area (Å²) in [5, 5.41) is 0. The highest BCUT2D eigenvalue weighted by atomic mass is 16.2. The maximum Gasteiger partial charge on any atom is 0.242 e. The number of nitrogens with zero attached hydrogens (tertiary/aromatic N) is 3. The molecule has 0 bridgehead atoms. The van der Waals surface area contributed by atoms with E-state index in [0.29, 0.717) is 0 Å². The molecule has 2 fully saturated rings. The summed E-state index contributed by atoms with van der Waals surface area (Å²) in [5.41, 5.74) is 6.72. The summed E-state index contributed by atoms with van der Waals surface area (Å²) in [6.07, 6.45) is 5.34. The molecule has 2 aliphatic rings. The Morgan fingerprint density at radius 3 is 2.42 bits per heavy atom. The highest BCUT2D eigenvalue weighted by Crippen LogP contribution is 2.34. The molecule has 1 aliphatic carbocycles. The van der Waals surface area contributed by atoms with Crippen LogP contribution in [0.15, 0.2) is 24.5 Å². The van der Waals surface area contributed by atoms with E-state index >= 15 is 0 Å². The molecule has 1 amide bonds. The van der Waals surface area contributed by atoms with Gasteiger partial charge in [0.25, 0.3) is 0 Å². The third kappa shape index (κ3) is 2.77. The second kappa shape index (κ2) is 4.90. The maximum absolute atomic E-state index is 12.1. The smallest absolute Gasteiger partial charge is 0.242 e. The van der Waals surface area contributed by atoms with Gasteiger partial charge in [-0.1, -0.05) is 0 Å². The van der Waals surface area contributed by atoms with Crippen LogP contribution in [-0.4, -0.2) is 52.4 Å². The minimum atomic E-state index is -0.521. The Hall–Kier alpha value is -1.46. The molecular weight excluding hydrogens is 240 g/mol. The predicted octanol–water partition coefficient (Wildman–Crippen LogP) is 0.217. The van der Waals surface area contributed by atoms with Gasteiger partial charge in [-0.3, -0.25) is 14.7 Å². The van der Waals surface area contributed by atoms with Gasteiger partial charge >= 0.3 is 0 Å². The Bertz CT molecular complexity index is 450. The minimum Gasteiger partial charge on any atom is -0.339 e. The van der Waals surface area contributed by atoms with Crippen LogP contribution in [-0.2, 0) is 11.3 Å². The number of piperazine rings is 1. The highest BCUT2D eigenvalue weighted by molar-refractivity contribution is 5.89. The second-order valence-corrected chi connectivity index (χ2v) is 5.58. The molecule has 5 heteroatoms. The second-order valence-electron chi connectivity index (χ2n) is 5.58. The lowest BCUT2D eigenvalue weighted by molar-refractivity contribution is -0.135. The Morgan fingerprint density at radius 2 is 1.84 bits per heavy atom. The number of hydrogen-bond acceptors (Lipinski definition) is 4. The molecule has 0 spiro atoms. The van der Waals surface area contributed by atoms with Crippen molar-refractivity contribution < 1.29 is 4.79 Å². The van der Waals surface area contributed by atoms with Crippen molar-refractivity contribution in [3.05, 3.63) is 30.1 Å². The molecule has 102 valence electrons. The van der Waals surface area contributed by atoms with Crippen LogP contribution in [0.4, 0.5) is 0 Å². The number of carbonyl (C=O) groups is 1. The third-order valence-electron chi connectivity index (χ3n) is 4.03. The van der Waals surface area contributed by atoms with E-state index < -0.39 is 5.54 Å². The van der Waals surface area contributed by atoms with Crippen LogP contribution in [0, 0.1) is 0 Å². The van der Waals surface area contributed by atoms with Crippen molar-refractivity contribution in [2.75, 3.05) is 26.2 Å². The molecule has 19 heavy (non-hydrogen) atoms. The van der Waals surface area contributed by atoms with Crippen LogP contribution in [0.25, 0.3) is 0 Å². The molecule has 1 aliphatic heterocycles. The van der Waals surface area contributed by atoms with Crippen molar-refractivity contribution in [2.45, 2.75) is 24.9 Å². The van der Waals surface area contributed by atoms with Crippen molar-refractivity contribution >= 4 is 5.91 Å². The Kier molecular flexibility index (Phi) is 3.24. The first-order chi connectivity index (χ1) is 9.17. The first kappa shape index (κ1) is 12.6. The molecule has 5 nitrogen and oxygen atoms in total. The summed E-state index contributed by atoms with van der Waals surface area (Å²) in [4.78, 5) is 20.4. The molecule has 0 unspecified atom stereocenters. The van der Waals surface area contributed by atoms with Crippen molar-refractivity contribution in [3.63, 3.8) is 0 Å². The summed E-state index contributed by atoms with van der Waals surface area (Å²) in [6.45, 7) is 4.36. The monoisotopic (exact) mass is 260 g/mol. The first-order valence-corrected chi connectivity index (χ1v) is 6.87. The van der Waals surface area contributed by atoms with E-state index in [-0.39, 0.29) is 5.91 Å². The third-order valence-corrected chi connectivity index (χ3v) is 4.03. The zero-order valence-corrected chi connectivity index (χ0v) is 11.1. The molecule has 1 aromatic heterocycles. The normalized spacial score (nSPS) is 22.3. The van der Waals surface area contributed by atoms with E-state index in [1.165, 1.54) is 5.56 Å². The van der Waals surface area contributed by atoms with Gasteiger partial charge < -0.3 is 10.6 Å². The molecular formula is C14H20N4O.